The van der Waals surface area contributed by atoms with Crippen LogP contribution in [-0.2, 0) is 16.1 Å². The van der Waals surface area contributed by atoms with Gasteiger partial charge >= 0.3 is 6.03 Å². The van der Waals surface area contributed by atoms with Crippen LogP contribution in [0.25, 0.3) is 0 Å². The molecule has 1 saturated carbocycles. The number of benzene rings is 1. The highest BCUT2D eigenvalue weighted by Gasteiger charge is 2.52. The molecule has 0 unspecified atom stereocenters. The minimum atomic E-state index is -0.723. The summed E-state index contributed by atoms with van der Waals surface area (Å²) >= 11 is 5.99. The van der Waals surface area contributed by atoms with Crippen LogP contribution in [0, 0.1) is 5.82 Å². The lowest BCUT2D eigenvalue weighted by molar-refractivity contribution is -0.133. The Kier molecular flexibility index (Phi) is 5.69. The summed E-state index contributed by atoms with van der Waals surface area (Å²) in [5.74, 6) is -0.829. The first-order valence-electron chi connectivity index (χ1n) is 9.15. The Morgan fingerprint density at radius 1 is 1.33 bits per heavy atom. The summed E-state index contributed by atoms with van der Waals surface area (Å²) in [7, 11) is 1.58. The second-order valence-electron chi connectivity index (χ2n) is 7.23. The quantitative estimate of drug-likeness (QED) is 0.752. The van der Waals surface area contributed by atoms with Crippen molar-refractivity contribution in [1.29, 1.82) is 0 Å². The number of halogens is 2. The fourth-order valence-corrected chi connectivity index (χ4v) is 4.01. The number of carbonyl (C=O) groups excluding carboxylic acids is 3. The van der Waals surface area contributed by atoms with Crippen molar-refractivity contribution in [3.8, 4) is 0 Å². The average Bonchev–Trinajstić information content (AvgIpc) is 3.18. The zero-order valence-electron chi connectivity index (χ0n) is 15.3. The van der Waals surface area contributed by atoms with E-state index in [0.29, 0.717) is 19.3 Å². The molecule has 0 aromatic heterocycles. The summed E-state index contributed by atoms with van der Waals surface area (Å²) in [6.07, 6.45) is 3.75. The van der Waals surface area contributed by atoms with Gasteiger partial charge in [0.1, 0.15) is 11.4 Å². The number of hydrogen-bond donors (Lipinski definition) is 1. The van der Waals surface area contributed by atoms with Crippen molar-refractivity contribution in [3.05, 3.63) is 34.6 Å². The van der Waals surface area contributed by atoms with Crippen molar-refractivity contribution in [3.63, 3.8) is 0 Å². The van der Waals surface area contributed by atoms with Gasteiger partial charge in [0.05, 0.1) is 0 Å². The van der Waals surface area contributed by atoms with E-state index in [9.17, 15) is 18.8 Å². The number of urea groups is 1. The predicted octanol–water partition coefficient (Wildman–Crippen LogP) is 3.08. The summed E-state index contributed by atoms with van der Waals surface area (Å²) in [4.78, 5) is 39.6. The van der Waals surface area contributed by atoms with E-state index in [-0.39, 0.29) is 47.9 Å². The van der Waals surface area contributed by atoms with E-state index in [1.165, 1.54) is 21.9 Å². The molecule has 6 nitrogen and oxygen atoms in total. The van der Waals surface area contributed by atoms with Crippen LogP contribution in [0.2, 0.25) is 5.02 Å². The maximum Gasteiger partial charge on any atom is 0.325 e. The predicted molar refractivity (Wildman–Crippen MR) is 98.6 cm³/mol. The van der Waals surface area contributed by atoms with Crippen LogP contribution < -0.4 is 5.32 Å². The van der Waals surface area contributed by atoms with E-state index in [1.807, 2.05) is 0 Å². The van der Waals surface area contributed by atoms with Crippen LogP contribution in [0.4, 0.5) is 9.18 Å². The lowest BCUT2D eigenvalue weighted by Crippen LogP contribution is -2.44. The molecule has 1 aromatic rings. The zero-order chi connectivity index (χ0) is 19.6. The van der Waals surface area contributed by atoms with E-state index in [0.717, 1.165) is 12.8 Å². The lowest BCUT2D eigenvalue weighted by atomic mass is 9.98. The molecule has 1 heterocycles. The third kappa shape index (κ3) is 3.93. The average molecular weight is 396 g/mol. The third-order valence-electron chi connectivity index (χ3n) is 5.36. The second kappa shape index (κ2) is 7.84. The molecule has 27 heavy (non-hydrogen) atoms. The van der Waals surface area contributed by atoms with Crippen molar-refractivity contribution in [2.75, 3.05) is 13.6 Å². The normalized spacial score (nSPS) is 18.3. The Labute approximate surface area is 162 Å². The Morgan fingerprint density at radius 3 is 2.70 bits per heavy atom. The first kappa shape index (κ1) is 19.6. The fourth-order valence-electron chi connectivity index (χ4n) is 3.78. The SMILES string of the molecule is CN(Cc1c(F)cccc1Cl)C(=O)CCCN1C(=O)NC2(CCCC2)C1=O. The number of nitrogens with one attached hydrogen (secondary N) is 1. The van der Waals surface area contributed by atoms with Crippen molar-refractivity contribution in [2.45, 2.75) is 50.6 Å². The zero-order valence-corrected chi connectivity index (χ0v) is 16.0. The highest BCUT2D eigenvalue weighted by Crippen LogP contribution is 2.35. The van der Waals surface area contributed by atoms with Gasteiger partial charge in [0.25, 0.3) is 5.91 Å². The van der Waals surface area contributed by atoms with Crippen LogP contribution in [0.5, 0.6) is 0 Å². The molecular formula is C19H23ClFN3O3. The summed E-state index contributed by atoms with van der Waals surface area (Å²) in [5.41, 5.74) is -0.452. The summed E-state index contributed by atoms with van der Waals surface area (Å²) in [6.45, 7) is 0.267. The van der Waals surface area contributed by atoms with Crippen LogP contribution in [0.3, 0.4) is 0 Å². The molecule has 1 aliphatic carbocycles. The molecule has 1 saturated heterocycles. The van der Waals surface area contributed by atoms with Crippen molar-refractivity contribution < 1.29 is 18.8 Å². The molecule has 8 heteroatoms. The van der Waals surface area contributed by atoms with Gasteiger partial charge < -0.3 is 10.2 Å². The first-order chi connectivity index (χ1) is 12.8. The standard InChI is InChI=1S/C19H23ClFN3O3/c1-23(12-13-14(20)6-4-7-15(13)21)16(25)8-5-11-24-17(26)19(22-18(24)27)9-2-3-10-19/h4,6-7H,2-3,5,8-12H2,1H3,(H,22,27). The molecule has 1 N–H and O–H groups in total. The third-order valence-corrected chi connectivity index (χ3v) is 5.71. The molecule has 3 rings (SSSR count). The molecule has 0 radical (unpaired) electrons. The van der Waals surface area contributed by atoms with Gasteiger partial charge in [-0.3, -0.25) is 14.5 Å². The van der Waals surface area contributed by atoms with E-state index < -0.39 is 11.4 Å². The maximum absolute atomic E-state index is 13.9. The molecule has 1 aromatic carbocycles. The van der Waals surface area contributed by atoms with Gasteiger partial charge in [-0.05, 0) is 31.4 Å². The van der Waals surface area contributed by atoms with Gasteiger partial charge in [0.2, 0.25) is 5.91 Å². The monoisotopic (exact) mass is 395 g/mol. The molecule has 146 valence electrons. The Morgan fingerprint density at radius 2 is 2.04 bits per heavy atom. The molecule has 1 aliphatic heterocycles. The fraction of sp³-hybridized carbons (Fsp3) is 0.526. The minimum Gasteiger partial charge on any atom is -0.341 e. The number of carbonyl (C=O) groups is 3. The summed E-state index contributed by atoms with van der Waals surface area (Å²) in [5, 5.41) is 3.09. The van der Waals surface area contributed by atoms with E-state index in [2.05, 4.69) is 5.32 Å². The van der Waals surface area contributed by atoms with Gasteiger partial charge in [-0.25, -0.2) is 9.18 Å². The smallest absolute Gasteiger partial charge is 0.325 e. The number of amides is 4. The van der Waals surface area contributed by atoms with Gasteiger partial charge in [-0.2, -0.15) is 0 Å². The molecule has 1 spiro atoms. The summed E-state index contributed by atoms with van der Waals surface area (Å²) < 4.78 is 13.9. The van der Waals surface area contributed by atoms with Crippen LogP contribution >= 0.6 is 11.6 Å². The Hall–Kier alpha value is -2.15. The van der Waals surface area contributed by atoms with Crippen molar-refractivity contribution in [1.82, 2.24) is 15.1 Å². The number of hydrogen-bond acceptors (Lipinski definition) is 3. The highest BCUT2D eigenvalue weighted by atomic mass is 35.5. The highest BCUT2D eigenvalue weighted by molar-refractivity contribution is 6.31. The molecule has 0 atom stereocenters. The van der Waals surface area contributed by atoms with Crippen molar-refractivity contribution >= 4 is 29.4 Å². The van der Waals surface area contributed by atoms with Gasteiger partial charge in [0, 0.05) is 37.1 Å². The van der Waals surface area contributed by atoms with Crippen LogP contribution in [0.15, 0.2) is 18.2 Å². The van der Waals surface area contributed by atoms with E-state index >= 15 is 0 Å². The minimum absolute atomic E-state index is 0.0661. The van der Waals surface area contributed by atoms with Gasteiger partial charge in [0.15, 0.2) is 0 Å². The molecule has 4 amide bonds. The number of imide groups is 1. The topological polar surface area (TPSA) is 69.7 Å². The largest absolute Gasteiger partial charge is 0.341 e. The molecule has 2 fully saturated rings. The summed E-state index contributed by atoms with van der Waals surface area (Å²) in [6, 6.07) is 4.02. The van der Waals surface area contributed by atoms with E-state index in [1.54, 1.807) is 13.1 Å². The number of nitrogens with zero attached hydrogens (tertiary/aromatic N) is 2. The maximum atomic E-state index is 13.9. The molecule has 0 bridgehead atoms. The number of rotatable bonds is 6. The van der Waals surface area contributed by atoms with Crippen LogP contribution in [0.1, 0.15) is 44.1 Å². The van der Waals surface area contributed by atoms with Gasteiger partial charge in [-0.1, -0.05) is 30.5 Å². The van der Waals surface area contributed by atoms with Crippen LogP contribution in [-0.4, -0.2) is 46.8 Å². The lowest BCUT2D eigenvalue weighted by Gasteiger charge is -2.21. The molecule has 2 aliphatic rings. The first-order valence-corrected chi connectivity index (χ1v) is 9.53. The Bertz CT molecular complexity index is 744. The van der Waals surface area contributed by atoms with Crippen molar-refractivity contribution in [2.24, 2.45) is 0 Å². The van der Waals surface area contributed by atoms with Gasteiger partial charge in [-0.15, -0.1) is 0 Å². The second-order valence-corrected chi connectivity index (χ2v) is 7.64. The van der Waals surface area contributed by atoms with E-state index in [4.69, 9.17) is 11.6 Å². The molecular weight excluding hydrogens is 373 g/mol. The Balaban J connectivity index is 1.51.